The zero-order valence-electron chi connectivity index (χ0n) is 29.3. The van der Waals surface area contributed by atoms with Crippen molar-refractivity contribution >= 4 is 5.97 Å². The number of esters is 1. The monoisotopic (exact) mass is 684 g/mol. The molecule has 6 rings (SSSR count). The molecule has 18 atom stereocenters. The maximum absolute atomic E-state index is 14.1. The number of aliphatic hydroxyl groups is 9. The summed E-state index contributed by atoms with van der Waals surface area (Å²) in [6.45, 7) is 10.9. The SMILES string of the molecule is C[C@@H](C[C@@H](O)[C@H](O)C(C)(C)O)[C@@H]1CC[C@@]2(C)[C@H]3CC[C@H]4[C@](C)(C(=O)O[C@H]5O[C@@H](CO)[C@@H](O)[C@@H](O)[C@H]5O)[C@@H](O)C[C@@H](O)[C@]45C[C@]35CC[C@]12C. The van der Waals surface area contributed by atoms with Crippen LogP contribution in [0.2, 0.25) is 0 Å². The highest BCUT2D eigenvalue weighted by atomic mass is 16.7. The first-order valence-electron chi connectivity index (χ1n) is 18.1. The van der Waals surface area contributed by atoms with Crippen LogP contribution in [0.1, 0.15) is 99.3 Å². The summed E-state index contributed by atoms with van der Waals surface area (Å²) in [7, 11) is 0. The number of hydrogen-bond acceptors (Lipinski definition) is 12. The average molecular weight is 685 g/mol. The number of carbonyl (C=O) groups is 1. The Labute approximate surface area is 283 Å². The van der Waals surface area contributed by atoms with Gasteiger partial charge in [-0.25, -0.2) is 0 Å². The van der Waals surface area contributed by atoms with Gasteiger partial charge in [-0.05, 0) is 112 Å². The molecule has 5 saturated carbocycles. The van der Waals surface area contributed by atoms with Crippen molar-refractivity contribution in [3.63, 3.8) is 0 Å². The van der Waals surface area contributed by atoms with Gasteiger partial charge in [-0.3, -0.25) is 4.79 Å². The summed E-state index contributed by atoms with van der Waals surface area (Å²) in [5.74, 6) is -0.518. The molecule has 0 unspecified atom stereocenters. The van der Waals surface area contributed by atoms with Crippen molar-refractivity contribution < 1.29 is 60.2 Å². The van der Waals surface area contributed by atoms with Crippen molar-refractivity contribution in [3.05, 3.63) is 0 Å². The maximum atomic E-state index is 14.1. The van der Waals surface area contributed by atoms with E-state index in [0.29, 0.717) is 18.8 Å². The molecule has 9 N–H and O–H groups in total. The smallest absolute Gasteiger partial charge is 0.317 e. The molecule has 0 amide bonds. The number of rotatable bonds is 8. The third kappa shape index (κ3) is 4.80. The Balaban J connectivity index is 1.24. The molecule has 276 valence electrons. The fourth-order valence-corrected chi connectivity index (χ4v) is 12.8. The number of aliphatic hydroxyl groups excluding tert-OH is 8. The van der Waals surface area contributed by atoms with Crippen LogP contribution in [0, 0.1) is 50.7 Å². The molecule has 6 fully saturated rings. The average Bonchev–Trinajstić information content (AvgIpc) is 3.63. The molecule has 0 bridgehead atoms. The van der Waals surface area contributed by atoms with Crippen molar-refractivity contribution in [1.82, 2.24) is 0 Å². The highest BCUT2D eigenvalue weighted by Crippen LogP contribution is 2.89. The van der Waals surface area contributed by atoms with Crippen LogP contribution in [0.25, 0.3) is 0 Å². The Morgan fingerprint density at radius 3 is 2.17 bits per heavy atom. The Hall–Kier alpha value is -0.930. The van der Waals surface area contributed by atoms with Gasteiger partial charge in [0.2, 0.25) is 6.29 Å². The zero-order valence-corrected chi connectivity index (χ0v) is 29.3. The van der Waals surface area contributed by atoms with Crippen LogP contribution in [0.4, 0.5) is 0 Å². The van der Waals surface area contributed by atoms with Crippen molar-refractivity contribution in [1.29, 1.82) is 0 Å². The van der Waals surface area contributed by atoms with E-state index in [4.69, 9.17) is 9.47 Å². The molecule has 48 heavy (non-hydrogen) atoms. The molecular formula is C36H60O12. The summed E-state index contributed by atoms with van der Waals surface area (Å²) in [5, 5.41) is 95.7. The maximum Gasteiger partial charge on any atom is 0.317 e. The molecule has 2 spiro atoms. The molecule has 12 nitrogen and oxygen atoms in total. The normalized spacial score (nSPS) is 53.4. The Morgan fingerprint density at radius 1 is 0.896 bits per heavy atom. The Morgan fingerprint density at radius 2 is 1.54 bits per heavy atom. The summed E-state index contributed by atoms with van der Waals surface area (Å²) < 4.78 is 11.2. The number of carbonyl (C=O) groups excluding carboxylic acids is 1. The fraction of sp³-hybridized carbons (Fsp3) is 0.972. The molecule has 6 aliphatic rings. The van der Waals surface area contributed by atoms with Crippen molar-refractivity contribution in [2.75, 3.05) is 6.61 Å². The zero-order chi connectivity index (χ0) is 35.6. The van der Waals surface area contributed by atoms with Crippen LogP contribution >= 0.6 is 0 Å². The van der Waals surface area contributed by atoms with Gasteiger partial charge in [0.1, 0.15) is 30.5 Å². The lowest BCUT2D eigenvalue weighted by atomic mass is 9.41. The van der Waals surface area contributed by atoms with Gasteiger partial charge < -0.3 is 55.4 Å². The van der Waals surface area contributed by atoms with Gasteiger partial charge in [-0.15, -0.1) is 0 Å². The molecule has 1 heterocycles. The molecule has 12 heteroatoms. The second-order valence-corrected chi connectivity index (χ2v) is 18.1. The van der Waals surface area contributed by atoms with Crippen LogP contribution in [-0.2, 0) is 14.3 Å². The van der Waals surface area contributed by atoms with E-state index in [1.54, 1.807) is 6.92 Å². The standard InChI is InChI=1S/C36H60O12/c1-17(13-19(38)28(44)31(2,3)46)18-9-10-33(5)21-7-8-22-34(6,30(45)48-29-27(43)26(42)25(41)20(15-37)47-29)23(39)14-24(40)36(22)16-35(21,36)12-11-32(18,33)4/h17-29,37-44,46H,7-16H2,1-6H3/t17-,18-,19+,20-,21+,22-,23-,24+,25+,26+,27+,28-,29+,32+,33-,34-,35+,36-/m0/s1. The van der Waals surface area contributed by atoms with E-state index in [9.17, 15) is 50.8 Å². The second-order valence-electron chi connectivity index (χ2n) is 18.1. The Kier molecular flexibility index (Phi) is 9.06. The van der Waals surface area contributed by atoms with Gasteiger partial charge in [0.05, 0.1) is 35.9 Å². The first-order chi connectivity index (χ1) is 22.2. The van der Waals surface area contributed by atoms with Crippen LogP contribution in [-0.4, -0.2) is 119 Å². The van der Waals surface area contributed by atoms with E-state index in [-0.39, 0.29) is 34.5 Å². The predicted molar refractivity (Wildman–Crippen MR) is 171 cm³/mol. The van der Waals surface area contributed by atoms with E-state index in [0.717, 1.165) is 38.5 Å². The van der Waals surface area contributed by atoms with Gasteiger partial charge in [-0.1, -0.05) is 20.8 Å². The van der Waals surface area contributed by atoms with E-state index >= 15 is 0 Å². The fourth-order valence-electron chi connectivity index (χ4n) is 12.8. The van der Waals surface area contributed by atoms with E-state index < -0.39 is 90.0 Å². The van der Waals surface area contributed by atoms with Crippen LogP contribution in [0.3, 0.4) is 0 Å². The predicted octanol–water partition coefficient (Wildman–Crippen LogP) is 0.599. The lowest BCUT2D eigenvalue weighted by molar-refractivity contribution is -0.300. The Bertz CT molecular complexity index is 1240. The van der Waals surface area contributed by atoms with E-state index in [1.165, 1.54) is 13.8 Å². The van der Waals surface area contributed by atoms with Gasteiger partial charge in [0.15, 0.2) is 0 Å². The summed E-state index contributed by atoms with van der Waals surface area (Å²) in [6, 6.07) is 0. The summed E-state index contributed by atoms with van der Waals surface area (Å²) in [4.78, 5) is 14.1. The lowest BCUT2D eigenvalue weighted by Gasteiger charge is -2.63. The van der Waals surface area contributed by atoms with Crippen LogP contribution in [0.15, 0.2) is 0 Å². The molecule has 0 radical (unpaired) electrons. The number of ether oxygens (including phenoxy) is 2. The highest BCUT2D eigenvalue weighted by molar-refractivity contribution is 5.78. The van der Waals surface area contributed by atoms with Gasteiger partial charge >= 0.3 is 5.97 Å². The minimum atomic E-state index is -1.76. The molecule has 5 aliphatic carbocycles. The molecule has 1 aliphatic heterocycles. The quantitative estimate of drug-likeness (QED) is 0.161. The number of hydrogen-bond donors (Lipinski definition) is 9. The molecular weight excluding hydrogens is 624 g/mol. The van der Waals surface area contributed by atoms with Crippen LogP contribution in [0.5, 0.6) is 0 Å². The first kappa shape index (κ1) is 36.8. The molecule has 0 aromatic rings. The van der Waals surface area contributed by atoms with Crippen molar-refractivity contribution in [2.24, 2.45) is 50.7 Å². The minimum Gasteiger partial charge on any atom is -0.432 e. The van der Waals surface area contributed by atoms with E-state index in [2.05, 4.69) is 20.8 Å². The minimum absolute atomic E-state index is 0.000310. The van der Waals surface area contributed by atoms with Gasteiger partial charge in [-0.2, -0.15) is 0 Å². The van der Waals surface area contributed by atoms with Crippen molar-refractivity contribution in [2.45, 2.75) is 160 Å². The van der Waals surface area contributed by atoms with E-state index in [1.807, 2.05) is 0 Å². The van der Waals surface area contributed by atoms with Gasteiger partial charge in [0.25, 0.3) is 0 Å². The molecule has 0 aromatic heterocycles. The van der Waals surface area contributed by atoms with Crippen molar-refractivity contribution in [3.8, 4) is 0 Å². The largest absolute Gasteiger partial charge is 0.432 e. The topological polar surface area (TPSA) is 218 Å². The van der Waals surface area contributed by atoms with Gasteiger partial charge in [0, 0.05) is 11.8 Å². The molecule has 1 saturated heterocycles. The summed E-state index contributed by atoms with van der Waals surface area (Å²) in [6.07, 6.45) is -6.02. The molecule has 0 aromatic carbocycles. The first-order valence-corrected chi connectivity index (χ1v) is 18.1. The summed E-state index contributed by atoms with van der Waals surface area (Å²) in [5.41, 5.74) is -3.78. The second kappa shape index (κ2) is 11.8. The summed E-state index contributed by atoms with van der Waals surface area (Å²) >= 11 is 0. The third-order valence-corrected chi connectivity index (χ3v) is 15.8. The third-order valence-electron chi connectivity index (χ3n) is 15.8. The lowest BCUT2D eigenvalue weighted by Crippen LogP contribution is -2.65. The highest BCUT2D eigenvalue weighted by Gasteiger charge is 2.86. The van der Waals surface area contributed by atoms with Crippen LogP contribution < -0.4 is 0 Å². The number of fused-ring (bicyclic) bond motifs is 2.